The summed E-state index contributed by atoms with van der Waals surface area (Å²) < 4.78 is 25.6. The van der Waals surface area contributed by atoms with Crippen molar-refractivity contribution in [3.05, 3.63) is 78.5 Å². The van der Waals surface area contributed by atoms with Gasteiger partial charge >= 0.3 is 0 Å². The van der Waals surface area contributed by atoms with Gasteiger partial charge in [-0.05, 0) is 61.9 Å². The van der Waals surface area contributed by atoms with Gasteiger partial charge in [0.05, 0.1) is 30.3 Å². The number of nitrogens with zero attached hydrogens (tertiary/aromatic N) is 3. The Kier molecular flexibility index (Phi) is 6.95. The van der Waals surface area contributed by atoms with Crippen LogP contribution in [0.2, 0.25) is 0 Å². The van der Waals surface area contributed by atoms with Crippen molar-refractivity contribution >= 4 is 23.5 Å². The molecule has 0 bridgehead atoms. The zero-order chi connectivity index (χ0) is 23.2. The number of morpholine rings is 1. The van der Waals surface area contributed by atoms with E-state index in [1.807, 2.05) is 26.0 Å². The minimum Gasteiger partial charge on any atom is -0.453 e. The van der Waals surface area contributed by atoms with Crippen LogP contribution < -0.4 is 15.0 Å². The number of anilines is 2. The molecule has 1 aromatic carbocycles. The Labute approximate surface area is 191 Å². The second-order valence-electron chi connectivity index (χ2n) is 7.87. The average Bonchev–Trinajstić information content (AvgIpc) is 2.80. The molecule has 7 nitrogen and oxygen atoms in total. The number of carbonyl (C=O) groups excluding carboxylic acids is 1. The highest BCUT2D eigenvalue weighted by atomic mass is 19.1. The van der Waals surface area contributed by atoms with E-state index in [1.54, 1.807) is 30.6 Å². The molecule has 4 rings (SSSR count). The Morgan fingerprint density at radius 1 is 1.18 bits per heavy atom. The van der Waals surface area contributed by atoms with Gasteiger partial charge in [-0.3, -0.25) is 9.78 Å². The predicted molar refractivity (Wildman–Crippen MR) is 125 cm³/mol. The summed E-state index contributed by atoms with van der Waals surface area (Å²) in [4.78, 5) is 22.8. The van der Waals surface area contributed by atoms with E-state index in [4.69, 9.17) is 9.47 Å². The molecule has 1 aliphatic heterocycles. The second kappa shape index (κ2) is 10.2. The predicted octanol–water partition coefficient (Wildman–Crippen LogP) is 4.67. The van der Waals surface area contributed by atoms with Crippen molar-refractivity contribution < 1.29 is 18.7 Å². The number of nitrogens with one attached hydrogen (secondary N) is 1. The molecule has 0 spiro atoms. The Morgan fingerprint density at radius 3 is 2.67 bits per heavy atom. The van der Waals surface area contributed by atoms with Crippen molar-refractivity contribution in [2.24, 2.45) is 0 Å². The van der Waals surface area contributed by atoms with Crippen molar-refractivity contribution in [2.45, 2.75) is 26.1 Å². The highest BCUT2D eigenvalue weighted by molar-refractivity contribution is 6.01. The van der Waals surface area contributed by atoms with Gasteiger partial charge in [-0.15, -0.1) is 0 Å². The summed E-state index contributed by atoms with van der Waals surface area (Å²) in [6.45, 7) is 5.62. The molecule has 2 aromatic heterocycles. The standard InChI is InChI=1S/C25H25FN4O3/c1-17-15-30(16-18(2)32-17)24-9-7-20(13-28-24)29-25(31)10-6-19-5-8-23(22(26)12-19)33-21-4-3-11-27-14-21/h3-14,17-18H,15-16H2,1-2H3,(H,29,31)/b10-6+. The fourth-order valence-corrected chi connectivity index (χ4v) is 3.61. The number of carbonyl (C=O) groups is 1. The summed E-state index contributed by atoms with van der Waals surface area (Å²) in [7, 11) is 0. The van der Waals surface area contributed by atoms with Crippen LogP contribution >= 0.6 is 0 Å². The molecular formula is C25H25FN4O3. The zero-order valence-corrected chi connectivity index (χ0v) is 18.4. The molecule has 1 N–H and O–H groups in total. The third-order valence-electron chi connectivity index (χ3n) is 5.00. The molecule has 2 atom stereocenters. The number of pyridine rings is 2. The van der Waals surface area contributed by atoms with Crippen LogP contribution in [-0.4, -0.2) is 41.2 Å². The molecule has 2 unspecified atom stereocenters. The molecule has 170 valence electrons. The van der Waals surface area contributed by atoms with Crippen molar-refractivity contribution in [2.75, 3.05) is 23.3 Å². The van der Waals surface area contributed by atoms with E-state index in [9.17, 15) is 9.18 Å². The maximum atomic E-state index is 14.3. The molecule has 3 aromatic rings. The summed E-state index contributed by atoms with van der Waals surface area (Å²) in [6, 6.07) is 11.6. The van der Waals surface area contributed by atoms with E-state index in [2.05, 4.69) is 20.2 Å². The van der Waals surface area contributed by atoms with Gasteiger partial charge < -0.3 is 19.7 Å². The third-order valence-corrected chi connectivity index (χ3v) is 5.00. The average molecular weight is 448 g/mol. The minimum atomic E-state index is -0.534. The van der Waals surface area contributed by atoms with Crippen LogP contribution in [-0.2, 0) is 9.53 Å². The molecule has 3 heterocycles. The van der Waals surface area contributed by atoms with Crippen LogP contribution in [0.1, 0.15) is 19.4 Å². The largest absolute Gasteiger partial charge is 0.453 e. The fourth-order valence-electron chi connectivity index (χ4n) is 3.61. The maximum absolute atomic E-state index is 14.3. The first kappa shape index (κ1) is 22.4. The molecule has 1 saturated heterocycles. The van der Waals surface area contributed by atoms with E-state index in [-0.39, 0.29) is 23.9 Å². The third kappa shape index (κ3) is 6.14. The number of amides is 1. The number of hydrogen-bond acceptors (Lipinski definition) is 6. The molecule has 0 saturated carbocycles. The van der Waals surface area contributed by atoms with Gasteiger partial charge in [0.2, 0.25) is 5.91 Å². The van der Waals surface area contributed by atoms with Gasteiger partial charge in [-0.2, -0.15) is 0 Å². The number of halogens is 1. The summed E-state index contributed by atoms with van der Waals surface area (Å²) >= 11 is 0. The summed E-state index contributed by atoms with van der Waals surface area (Å²) in [5.41, 5.74) is 1.11. The maximum Gasteiger partial charge on any atom is 0.248 e. The highest BCUT2D eigenvalue weighted by Crippen LogP contribution is 2.25. The zero-order valence-electron chi connectivity index (χ0n) is 18.4. The van der Waals surface area contributed by atoms with Crippen molar-refractivity contribution in [3.63, 3.8) is 0 Å². The van der Waals surface area contributed by atoms with E-state index >= 15 is 0 Å². The first-order valence-electron chi connectivity index (χ1n) is 10.7. The lowest BCUT2D eigenvalue weighted by atomic mass is 10.2. The van der Waals surface area contributed by atoms with Gasteiger partial charge in [0.25, 0.3) is 0 Å². The summed E-state index contributed by atoms with van der Waals surface area (Å²) in [5, 5.41) is 2.76. The van der Waals surface area contributed by atoms with Crippen molar-refractivity contribution in [1.82, 2.24) is 9.97 Å². The molecule has 1 fully saturated rings. The van der Waals surface area contributed by atoms with Gasteiger partial charge in [-0.25, -0.2) is 9.37 Å². The SMILES string of the molecule is CC1CN(c2ccc(NC(=O)/C=C/c3ccc(Oc4cccnc4)c(F)c3)cn2)CC(C)O1. The van der Waals surface area contributed by atoms with Gasteiger partial charge in [-0.1, -0.05) is 6.07 Å². The van der Waals surface area contributed by atoms with Crippen LogP contribution in [0.3, 0.4) is 0 Å². The molecule has 8 heteroatoms. The van der Waals surface area contributed by atoms with Gasteiger partial charge in [0.1, 0.15) is 11.6 Å². The lowest BCUT2D eigenvalue weighted by Crippen LogP contribution is -2.45. The van der Waals surface area contributed by atoms with E-state index in [0.29, 0.717) is 17.0 Å². The molecular weight excluding hydrogens is 423 g/mol. The minimum absolute atomic E-state index is 0.0832. The van der Waals surface area contributed by atoms with Crippen LogP contribution in [0.4, 0.5) is 15.9 Å². The Bertz CT molecular complexity index is 1110. The number of rotatable bonds is 6. The van der Waals surface area contributed by atoms with Crippen LogP contribution in [0.5, 0.6) is 11.5 Å². The molecule has 1 aliphatic rings. The Morgan fingerprint density at radius 2 is 2.00 bits per heavy atom. The Hall–Kier alpha value is -3.78. The van der Waals surface area contributed by atoms with Crippen LogP contribution in [0.15, 0.2) is 67.1 Å². The fraction of sp³-hybridized carbons (Fsp3) is 0.240. The van der Waals surface area contributed by atoms with Crippen molar-refractivity contribution in [3.8, 4) is 11.5 Å². The van der Waals surface area contributed by atoms with Crippen LogP contribution in [0, 0.1) is 5.82 Å². The van der Waals surface area contributed by atoms with E-state index < -0.39 is 5.82 Å². The number of hydrogen-bond donors (Lipinski definition) is 1. The monoisotopic (exact) mass is 448 g/mol. The highest BCUT2D eigenvalue weighted by Gasteiger charge is 2.23. The first-order valence-corrected chi connectivity index (χ1v) is 10.7. The normalized spacial score (nSPS) is 18.3. The lowest BCUT2D eigenvalue weighted by molar-refractivity contribution is -0.111. The van der Waals surface area contributed by atoms with Crippen molar-refractivity contribution in [1.29, 1.82) is 0 Å². The van der Waals surface area contributed by atoms with Gasteiger partial charge in [0, 0.05) is 25.4 Å². The quantitative estimate of drug-likeness (QED) is 0.552. The lowest BCUT2D eigenvalue weighted by Gasteiger charge is -2.36. The van der Waals surface area contributed by atoms with Gasteiger partial charge in [0.15, 0.2) is 11.6 Å². The second-order valence-corrected chi connectivity index (χ2v) is 7.87. The van der Waals surface area contributed by atoms with E-state index in [0.717, 1.165) is 18.9 Å². The summed E-state index contributed by atoms with van der Waals surface area (Å²) in [5.74, 6) is 0.494. The molecule has 1 amide bonds. The number of aromatic nitrogens is 2. The summed E-state index contributed by atoms with van der Waals surface area (Å²) in [6.07, 6.45) is 7.89. The number of ether oxygens (including phenoxy) is 2. The molecule has 33 heavy (non-hydrogen) atoms. The Balaban J connectivity index is 1.33. The smallest absolute Gasteiger partial charge is 0.248 e. The first-order chi connectivity index (χ1) is 16.0. The number of benzene rings is 1. The topological polar surface area (TPSA) is 76.6 Å². The molecule has 0 aliphatic carbocycles. The van der Waals surface area contributed by atoms with E-state index in [1.165, 1.54) is 30.5 Å². The molecule has 0 radical (unpaired) electrons. The van der Waals surface area contributed by atoms with Crippen LogP contribution in [0.25, 0.3) is 6.08 Å².